The van der Waals surface area contributed by atoms with E-state index >= 15 is 8.78 Å². The highest BCUT2D eigenvalue weighted by Crippen LogP contribution is 2.47. The lowest BCUT2D eigenvalue weighted by atomic mass is 9.93. The lowest BCUT2D eigenvalue weighted by molar-refractivity contribution is 0.00275. The van der Waals surface area contributed by atoms with Crippen LogP contribution in [0.4, 0.5) is 23.4 Å². The van der Waals surface area contributed by atoms with Crippen LogP contribution in [-0.2, 0) is 16.0 Å². The number of nitrogens with one attached hydrogen (secondary N) is 1. The highest BCUT2D eigenvalue weighted by Gasteiger charge is 2.38. The van der Waals surface area contributed by atoms with Crippen molar-refractivity contribution < 1.29 is 32.6 Å². The molecule has 4 heterocycles. The third-order valence-electron chi connectivity index (χ3n) is 8.01. The predicted octanol–water partition coefficient (Wildman–Crippen LogP) is 7.53. The van der Waals surface area contributed by atoms with Gasteiger partial charge in [0.15, 0.2) is 5.15 Å². The molecular formula is C33H33ClF2N6O5S. The van der Waals surface area contributed by atoms with Gasteiger partial charge in [-0.2, -0.15) is 10.4 Å². The van der Waals surface area contributed by atoms with Gasteiger partial charge < -0.3 is 19.3 Å². The molecule has 0 aliphatic carbocycles. The molecular weight excluding hydrogens is 666 g/mol. The van der Waals surface area contributed by atoms with Gasteiger partial charge in [-0.3, -0.25) is 14.8 Å². The zero-order chi connectivity index (χ0) is 34.9. The molecule has 2 aliphatic rings. The first kappa shape index (κ1) is 33.4. The molecule has 11 nitrogen and oxygen atoms in total. The first-order chi connectivity index (χ1) is 22.5. The maximum absolute atomic E-state index is 16.5. The molecule has 15 heteroatoms. The van der Waals surface area contributed by atoms with E-state index in [4.69, 9.17) is 21.1 Å². The summed E-state index contributed by atoms with van der Waals surface area (Å²) in [5.41, 5.74) is -1.18. The smallest absolute Gasteiger partial charge is 0.412 e. The number of anilines is 1. The fourth-order valence-corrected chi connectivity index (χ4v) is 7.51. The van der Waals surface area contributed by atoms with Gasteiger partial charge in [0.25, 0.3) is 5.91 Å². The zero-order valence-corrected chi connectivity index (χ0v) is 28.7. The minimum absolute atomic E-state index is 0.0122. The molecule has 252 valence electrons. The van der Waals surface area contributed by atoms with Crippen molar-refractivity contribution in [1.29, 1.82) is 5.26 Å². The Labute approximate surface area is 283 Å². The van der Waals surface area contributed by atoms with Gasteiger partial charge in [0.05, 0.1) is 32.8 Å². The van der Waals surface area contributed by atoms with Crippen LogP contribution in [0.3, 0.4) is 0 Å². The number of carbonyl (C=O) groups is 3. The number of piperazine rings is 1. The van der Waals surface area contributed by atoms with Crippen molar-refractivity contribution in [3.8, 4) is 17.2 Å². The highest BCUT2D eigenvalue weighted by molar-refractivity contribution is 7.23. The van der Waals surface area contributed by atoms with Gasteiger partial charge in [0.2, 0.25) is 0 Å². The number of hydrogen-bond donors (Lipinski definition) is 1. The molecule has 0 radical (unpaired) electrons. The third-order valence-corrected chi connectivity index (χ3v) is 9.39. The summed E-state index contributed by atoms with van der Waals surface area (Å²) in [5, 5.41) is 17.3. The van der Waals surface area contributed by atoms with Gasteiger partial charge in [0.1, 0.15) is 33.9 Å². The number of aromatic nitrogens is 2. The molecule has 2 aromatic carbocycles. The first-order valence-corrected chi connectivity index (χ1v) is 16.5. The minimum atomic E-state index is -0.840. The van der Waals surface area contributed by atoms with Crippen LogP contribution in [0.1, 0.15) is 63.9 Å². The summed E-state index contributed by atoms with van der Waals surface area (Å²) in [6.45, 7) is 11.3. The zero-order valence-electron chi connectivity index (χ0n) is 27.2. The predicted molar refractivity (Wildman–Crippen MR) is 177 cm³/mol. The van der Waals surface area contributed by atoms with Crippen LogP contribution in [0.15, 0.2) is 18.2 Å². The number of nitrogens with zero attached hydrogens (tertiary/aromatic N) is 5. The Hall–Kier alpha value is -4.48. The van der Waals surface area contributed by atoms with Gasteiger partial charge in [-0.1, -0.05) is 17.7 Å². The average molecular weight is 699 g/mol. The average Bonchev–Trinajstić information content (AvgIpc) is 3.51. The SMILES string of the molecule is CC(C)(C)OC(=O)Nc1sc2c(F)ccc(-c3c(F)cc4c5c3c(Cl)nn5CCC3CN(C(=O)OC(C)(C)C)CCN3C4=O)c2c1C#N. The molecule has 1 fully saturated rings. The normalized spacial score (nSPS) is 16.8. The number of amides is 3. The summed E-state index contributed by atoms with van der Waals surface area (Å²) in [6.07, 6.45) is -0.890. The minimum Gasteiger partial charge on any atom is -0.444 e. The lowest BCUT2D eigenvalue weighted by Crippen LogP contribution is -2.57. The van der Waals surface area contributed by atoms with Crippen molar-refractivity contribution >= 4 is 67.0 Å². The number of thiophene rings is 1. The fraction of sp³-hybridized carbons (Fsp3) is 0.424. The van der Waals surface area contributed by atoms with E-state index in [1.807, 2.05) is 6.07 Å². The summed E-state index contributed by atoms with van der Waals surface area (Å²) in [7, 11) is 0. The van der Waals surface area contributed by atoms with Crippen molar-refractivity contribution in [3.05, 3.63) is 46.1 Å². The van der Waals surface area contributed by atoms with Crippen LogP contribution in [0, 0.1) is 23.0 Å². The standard InChI is InChI=1S/C33H33ClF2N6O5S/c1-32(2,3)46-30(44)38-28-19(14-37)22-17(7-8-20(35)26(22)48-28)23-21(36)13-18-25-24(23)27(34)39-42(25)10-9-16-15-40(11-12-41(16)29(18)43)31(45)47-33(4,5)6/h7-8,13,16H,9-12,15H2,1-6H3,(H,38,44). The van der Waals surface area contributed by atoms with Crippen molar-refractivity contribution in [3.63, 3.8) is 0 Å². The van der Waals surface area contributed by atoms with E-state index in [1.54, 1.807) is 56.0 Å². The largest absolute Gasteiger partial charge is 0.444 e. The highest BCUT2D eigenvalue weighted by atomic mass is 35.5. The van der Waals surface area contributed by atoms with Crippen molar-refractivity contribution in [2.75, 3.05) is 25.0 Å². The number of hydrogen-bond acceptors (Lipinski definition) is 8. The summed E-state index contributed by atoms with van der Waals surface area (Å²) < 4.78 is 44.2. The second-order valence-corrected chi connectivity index (χ2v) is 15.1. The summed E-state index contributed by atoms with van der Waals surface area (Å²) >= 11 is 7.52. The number of aryl methyl sites for hydroxylation is 1. The molecule has 0 saturated carbocycles. The van der Waals surface area contributed by atoms with E-state index in [2.05, 4.69) is 10.4 Å². The number of benzene rings is 2. The Bertz CT molecular complexity index is 2060. The van der Waals surface area contributed by atoms with Crippen molar-refractivity contribution in [2.45, 2.75) is 71.8 Å². The molecule has 6 rings (SSSR count). The van der Waals surface area contributed by atoms with Crippen LogP contribution >= 0.6 is 22.9 Å². The van der Waals surface area contributed by atoms with Crippen LogP contribution in [0.25, 0.3) is 32.1 Å². The van der Waals surface area contributed by atoms with E-state index in [9.17, 15) is 19.6 Å². The Balaban J connectivity index is 1.45. The van der Waals surface area contributed by atoms with Crippen LogP contribution < -0.4 is 5.32 Å². The monoisotopic (exact) mass is 698 g/mol. The van der Waals surface area contributed by atoms with Gasteiger partial charge in [-0.05, 0) is 65.7 Å². The number of nitriles is 1. The third kappa shape index (κ3) is 6.01. The maximum Gasteiger partial charge on any atom is 0.412 e. The Morgan fingerprint density at radius 1 is 1.04 bits per heavy atom. The molecule has 0 bridgehead atoms. The summed E-state index contributed by atoms with van der Waals surface area (Å²) in [6, 6.07) is 5.24. The Morgan fingerprint density at radius 3 is 2.42 bits per heavy atom. The number of halogens is 3. The van der Waals surface area contributed by atoms with Gasteiger partial charge >= 0.3 is 12.2 Å². The maximum atomic E-state index is 16.5. The molecule has 2 aliphatic heterocycles. The second kappa shape index (κ2) is 11.9. The summed E-state index contributed by atoms with van der Waals surface area (Å²) in [5.74, 6) is -1.96. The topological polar surface area (TPSA) is 130 Å². The van der Waals surface area contributed by atoms with Crippen LogP contribution in [0.2, 0.25) is 5.15 Å². The van der Waals surface area contributed by atoms with Crippen molar-refractivity contribution in [2.24, 2.45) is 0 Å². The molecule has 2 aromatic heterocycles. The Morgan fingerprint density at radius 2 is 1.75 bits per heavy atom. The molecule has 3 amide bonds. The molecule has 48 heavy (non-hydrogen) atoms. The first-order valence-electron chi connectivity index (χ1n) is 15.3. The Kier molecular flexibility index (Phi) is 8.28. The van der Waals surface area contributed by atoms with E-state index in [1.165, 1.54) is 6.07 Å². The van der Waals surface area contributed by atoms with Gasteiger partial charge in [-0.25, -0.2) is 18.4 Å². The van der Waals surface area contributed by atoms with E-state index in [-0.39, 0.29) is 73.6 Å². The van der Waals surface area contributed by atoms with Crippen LogP contribution in [-0.4, -0.2) is 74.6 Å². The second-order valence-electron chi connectivity index (χ2n) is 13.7. The van der Waals surface area contributed by atoms with E-state index in [0.717, 1.165) is 23.5 Å². The number of fused-ring (bicyclic) bond motifs is 2. The van der Waals surface area contributed by atoms with Gasteiger partial charge in [-0.15, -0.1) is 11.3 Å². The quantitative estimate of drug-likeness (QED) is 0.229. The molecule has 4 aromatic rings. The van der Waals surface area contributed by atoms with Gasteiger partial charge in [0, 0.05) is 37.1 Å². The molecule has 1 N–H and O–H groups in total. The van der Waals surface area contributed by atoms with Crippen molar-refractivity contribution in [1.82, 2.24) is 19.6 Å². The number of rotatable bonds is 2. The number of carbonyl (C=O) groups excluding carboxylic acids is 3. The lowest BCUT2D eigenvalue weighted by Gasteiger charge is -2.42. The van der Waals surface area contributed by atoms with E-state index < -0.39 is 40.9 Å². The summed E-state index contributed by atoms with van der Waals surface area (Å²) in [4.78, 5) is 42.7. The van der Waals surface area contributed by atoms with E-state index in [0.29, 0.717) is 18.5 Å². The number of ether oxygens (including phenoxy) is 2. The molecule has 1 atom stereocenters. The van der Waals surface area contributed by atoms with Crippen LogP contribution in [0.5, 0.6) is 0 Å². The molecule has 1 unspecified atom stereocenters. The fourth-order valence-electron chi connectivity index (χ4n) is 6.16. The molecule has 1 saturated heterocycles. The molecule has 0 spiro atoms.